The molecule has 0 fully saturated rings. The number of carbonyl (C=O) groups excluding carboxylic acids is 1. The third-order valence-corrected chi connectivity index (χ3v) is 5.28. The van der Waals surface area contributed by atoms with Crippen molar-refractivity contribution in [2.24, 2.45) is 12.0 Å². The van der Waals surface area contributed by atoms with Crippen LogP contribution in [-0.2, 0) is 7.05 Å². The Balaban J connectivity index is 2.17. The highest BCUT2D eigenvalue weighted by Gasteiger charge is 2.14. The lowest BCUT2D eigenvalue weighted by atomic mass is 10.2. The second-order valence-corrected chi connectivity index (χ2v) is 6.91. The van der Waals surface area contributed by atoms with Crippen LogP contribution in [0.4, 0.5) is 0 Å². The normalized spacial score (nSPS) is 11.8. The lowest BCUT2D eigenvalue weighted by Gasteiger charge is -2.06. The summed E-state index contributed by atoms with van der Waals surface area (Å²) in [7, 11) is 5.09. The molecule has 1 heterocycles. The van der Waals surface area contributed by atoms with Crippen LogP contribution < -0.4 is 14.3 Å². The number of thiazole rings is 1. The first-order valence-electron chi connectivity index (χ1n) is 7.10. The molecule has 24 heavy (non-hydrogen) atoms. The van der Waals surface area contributed by atoms with Gasteiger partial charge in [-0.1, -0.05) is 27.3 Å². The number of amides is 1. The van der Waals surface area contributed by atoms with Crippen LogP contribution in [0.25, 0.3) is 10.2 Å². The van der Waals surface area contributed by atoms with Crippen molar-refractivity contribution in [2.75, 3.05) is 14.2 Å². The van der Waals surface area contributed by atoms with E-state index in [0.717, 1.165) is 20.4 Å². The summed E-state index contributed by atoms with van der Waals surface area (Å²) in [6.07, 6.45) is 0. The van der Waals surface area contributed by atoms with Gasteiger partial charge in [0.15, 0.2) is 4.80 Å². The van der Waals surface area contributed by atoms with Gasteiger partial charge >= 0.3 is 0 Å². The van der Waals surface area contributed by atoms with Crippen molar-refractivity contribution in [3.63, 3.8) is 0 Å². The Morgan fingerprint density at radius 1 is 1.08 bits per heavy atom. The lowest BCUT2D eigenvalue weighted by molar-refractivity contribution is 0.0998. The third kappa shape index (κ3) is 2.97. The highest BCUT2D eigenvalue weighted by atomic mass is 79.9. The molecule has 2 aromatic carbocycles. The summed E-state index contributed by atoms with van der Waals surface area (Å²) in [5.41, 5.74) is 1.39. The Morgan fingerprint density at radius 2 is 1.71 bits per heavy atom. The molecule has 0 N–H and O–H groups in total. The van der Waals surface area contributed by atoms with Gasteiger partial charge in [-0.25, -0.2) is 0 Å². The minimum absolute atomic E-state index is 0.289. The fourth-order valence-electron chi connectivity index (χ4n) is 2.37. The van der Waals surface area contributed by atoms with Gasteiger partial charge in [-0.15, -0.1) is 0 Å². The van der Waals surface area contributed by atoms with Crippen molar-refractivity contribution < 1.29 is 14.3 Å². The zero-order valence-corrected chi connectivity index (χ0v) is 15.8. The molecule has 3 rings (SSSR count). The number of methoxy groups -OCH3 is 2. The van der Waals surface area contributed by atoms with E-state index in [4.69, 9.17) is 9.47 Å². The number of fused-ring (bicyclic) bond motifs is 1. The van der Waals surface area contributed by atoms with Crippen LogP contribution in [0.3, 0.4) is 0 Å². The average molecular weight is 407 g/mol. The molecule has 0 saturated carbocycles. The number of hydrogen-bond donors (Lipinski definition) is 0. The fraction of sp³-hybridized carbons (Fsp3) is 0.176. The minimum atomic E-state index is -0.289. The summed E-state index contributed by atoms with van der Waals surface area (Å²) >= 11 is 4.75. The Hall–Kier alpha value is -2.12. The van der Waals surface area contributed by atoms with Crippen LogP contribution in [0.2, 0.25) is 0 Å². The monoisotopic (exact) mass is 406 g/mol. The number of ether oxygens (including phenoxy) is 2. The molecule has 0 aliphatic heterocycles. The molecule has 5 nitrogen and oxygen atoms in total. The number of aryl methyl sites for hydroxylation is 1. The van der Waals surface area contributed by atoms with Crippen LogP contribution in [-0.4, -0.2) is 24.7 Å². The van der Waals surface area contributed by atoms with Crippen LogP contribution in [0.5, 0.6) is 11.5 Å². The van der Waals surface area contributed by atoms with E-state index in [1.807, 2.05) is 35.9 Å². The van der Waals surface area contributed by atoms with E-state index in [-0.39, 0.29) is 5.91 Å². The van der Waals surface area contributed by atoms with Gasteiger partial charge < -0.3 is 14.0 Å². The highest BCUT2D eigenvalue weighted by molar-refractivity contribution is 9.10. The molecule has 0 aliphatic carbocycles. The van der Waals surface area contributed by atoms with Crippen molar-refractivity contribution >= 4 is 43.4 Å². The molecular weight excluding hydrogens is 392 g/mol. The Bertz CT molecular complexity index is 974. The van der Waals surface area contributed by atoms with Gasteiger partial charge in [0, 0.05) is 17.1 Å². The van der Waals surface area contributed by atoms with Gasteiger partial charge in [-0.3, -0.25) is 4.79 Å². The van der Waals surface area contributed by atoms with Gasteiger partial charge in [0.25, 0.3) is 5.91 Å². The first-order chi connectivity index (χ1) is 11.5. The maximum atomic E-state index is 12.4. The van der Waals surface area contributed by atoms with Crippen molar-refractivity contribution in [1.82, 2.24) is 4.57 Å². The van der Waals surface area contributed by atoms with Crippen LogP contribution in [0.15, 0.2) is 45.9 Å². The highest BCUT2D eigenvalue weighted by Crippen LogP contribution is 2.34. The Morgan fingerprint density at radius 3 is 2.33 bits per heavy atom. The molecule has 0 aliphatic rings. The molecule has 0 radical (unpaired) electrons. The van der Waals surface area contributed by atoms with E-state index >= 15 is 0 Å². The molecule has 0 unspecified atom stereocenters. The third-order valence-electron chi connectivity index (χ3n) is 3.60. The average Bonchev–Trinajstić information content (AvgIpc) is 2.91. The molecular formula is C17H15BrN2O3S. The molecule has 3 aromatic rings. The summed E-state index contributed by atoms with van der Waals surface area (Å²) in [5.74, 6) is 1.15. The first kappa shape index (κ1) is 16.7. The van der Waals surface area contributed by atoms with Crippen molar-refractivity contribution in [1.29, 1.82) is 0 Å². The quantitative estimate of drug-likeness (QED) is 0.665. The molecule has 0 atom stereocenters. The fourth-order valence-corrected chi connectivity index (χ4v) is 3.76. The second kappa shape index (κ2) is 6.78. The Labute approximate surface area is 151 Å². The number of carbonyl (C=O) groups is 1. The van der Waals surface area contributed by atoms with Crippen LogP contribution >= 0.6 is 27.3 Å². The number of rotatable bonds is 3. The lowest BCUT2D eigenvalue weighted by Crippen LogP contribution is -2.13. The second-order valence-electron chi connectivity index (χ2n) is 5.02. The van der Waals surface area contributed by atoms with Gasteiger partial charge in [-0.2, -0.15) is 4.99 Å². The zero-order chi connectivity index (χ0) is 17.3. The summed E-state index contributed by atoms with van der Waals surface area (Å²) in [6.45, 7) is 0. The number of benzene rings is 2. The maximum absolute atomic E-state index is 12.4. The SMILES string of the molecule is COc1ccc(OC)c2c1sc(=NC(=O)c1ccc(Br)cc1)n2C. The summed E-state index contributed by atoms with van der Waals surface area (Å²) in [6, 6.07) is 10.8. The van der Waals surface area contributed by atoms with Gasteiger partial charge in [0.2, 0.25) is 0 Å². The standard InChI is InChI=1S/C17H15BrN2O3S/c1-20-14-12(22-2)8-9-13(23-3)15(14)24-17(20)19-16(21)10-4-6-11(18)7-5-10/h4-9H,1-3H3. The van der Waals surface area contributed by atoms with Gasteiger partial charge in [0.1, 0.15) is 21.7 Å². The topological polar surface area (TPSA) is 52.8 Å². The maximum Gasteiger partial charge on any atom is 0.279 e. The smallest absolute Gasteiger partial charge is 0.279 e. The predicted octanol–water partition coefficient (Wildman–Crippen LogP) is 3.76. The predicted molar refractivity (Wildman–Crippen MR) is 97.9 cm³/mol. The molecule has 0 spiro atoms. The van der Waals surface area contributed by atoms with Crippen molar-refractivity contribution in [2.45, 2.75) is 0 Å². The summed E-state index contributed by atoms with van der Waals surface area (Å²) < 4.78 is 14.5. The Kier molecular flexibility index (Phi) is 4.73. The van der Waals surface area contributed by atoms with Crippen LogP contribution in [0, 0.1) is 0 Å². The number of hydrogen-bond acceptors (Lipinski definition) is 4. The molecule has 7 heteroatoms. The molecule has 1 aromatic heterocycles. The van der Waals surface area contributed by atoms with E-state index in [2.05, 4.69) is 20.9 Å². The summed E-state index contributed by atoms with van der Waals surface area (Å²) in [4.78, 5) is 17.3. The molecule has 124 valence electrons. The number of aromatic nitrogens is 1. The first-order valence-corrected chi connectivity index (χ1v) is 8.71. The number of halogens is 1. The van der Waals surface area contributed by atoms with Gasteiger partial charge in [-0.05, 0) is 36.4 Å². The number of nitrogens with zero attached hydrogens (tertiary/aromatic N) is 2. The van der Waals surface area contributed by atoms with Crippen LogP contribution in [0.1, 0.15) is 10.4 Å². The van der Waals surface area contributed by atoms with Crippen molar-refractivity contribution in [3.05, 3.63) is 51.2 Å². The van der Waals surface area contributed by atoms with Crippen molar-refractivity contribution in [3.8, 4) is 11.5 Å². The minimum Gasteiger partial charge on any atom is -0.495 e. The molecule has 1 amide bonds. The van der Waals surface area contributed by atoms with E-state index in [1.165, 1.54) is 11.3 Å². The van der Waals surface area contributed by atoms with E-state index in [9.17, 15) is 4.79 Å². The van der Waals surface area contributed by atoms with Gasteiger partial charge in [0.05, 0.1) is 14.2 Å². The zero-order valence-electron chi connectivity index (χ0n) is 13.4. The molecule has 0 bridgehead atoms. The summed E-state index contributed by atoms with van der Waals surface area (Å²) in [5, 5.41) is 0. The van der Waals surface area contributed by atoms with E-state index in [0.29, 0.717) is 16.1 Å². The molecule has 0 saturated heterocycles. The van der Waals surface area contributed by atoms with E-state index in [1.54, 1.807) is 26.4 Å². The largest absolute Gasteiger partial charge is 0.495 e. The van der Waals surface area contributed by atoms with E-state index < -0.39 is 0 Å².